The Balaban J connectivity index is 2.31. The summed E-state index contributed by atoms with van der Waals surface area (Å²) in [6.45, 7) is -0.204. The summed E-state index contributed by atoms with van der Waals surface area (Å²) in [5.41, 5.74) is 6.89. The van der Waals surface area contributed by atoms with Crippen molar-refractivity contribution in [2.24, 2.45) is 5.73 Å². The van der Waals surface area contributed by atoms with Crippen LogP contribution in [0.2, 0.25) is 0 Å². The van der Waals surface area contributed by atoms with Crippen LogP contribution in [0.25, 0.3) is 11.3 Å². The fourth-order valence-electron chi connectivity index (χ4n) is 1.59. The number of aliphatic hydroxyl groups is 1. The van der Waals surface area contributed by atoms with Gasteiger partial charge in [-0.25, -0.2) is 9.37 Å². The van der Waals surface area contributed by atoms with Crippen molar-refractivity contribution in [3.63, 3.8) is 0 Å². The second-order valence-corrected chi connectivity index (χ2v) is 3.82. The number of ether oxygens (including phenoxy) is 1. The van der Waals surface area contributed by atoms with Crippen LogP contribution in [0.4, 0.5) is 4.39 Å². The number of halogens is 1. The number of methoxy groups -OCH3 is 1. The van der Waals surface area contributed by atoms with E-state index in [2.05, 4.69) is 9.97 Å². The quantitative estimate of drug-likeness (QED) is 0.762. The molecular formula is C12H14FN3O2. The van der Waals surface area contributed by atoms with Crippen molar-refractivity contribution >= 4 is 0 Å². The smallest absolute Gasteiger partial charge is 0.165 e. The largest absolute Gasteiger partial charge is 0.494 e. The van der Waals surface area contributed by atoms with Gasteiger partial charge in [-0.15, -0.1) is 0 Å². The highest BCUT2D eigenvalue weighted by molar-refractivity contribution is 5.60. The van der Waals surface area contributed by atoms with Gasteiger partial charge in [-0.1, -0.05) is 0 Å². The van der Waals surface area contributed by atoms with Gasteiger partial charge in [0, 0.05) is 5.56 Å². The van der Waals surface area contributed by atoms with Gasteiger partial charge in [-0.2, -0.15) is 0 Å². The summed E-state index contributed by atoms with van der Waals surface area (Å²) < 4.78 is 18.4. The van der Waals surface area contributed by atoms with Crippen LogP contribution in [-0.2, 0) is 0 Å². The van der Waals surface area contributed by atoms with Crippen LogP contribution in [-0.4, -0.2) is 28.8 Å². The van der Waals surface area contributed by atoms with E-state index in [4.69, 9.17) is 15.6 Å². The molecule has 5 nitrogen and oxygen atoms in total. The van der Waals surface area contributed by atoms with E-state index < -0.39 is 11.9 Å². The minimum absolute atomic E-state index is 0.186. The van der Waals surface area contributed by atoms with Crippen LogP contribution in [0.1, 0.15) is 11.9 Å². The molecule has 4 N–H and O–H groups in total. The maximum atomic E-state index is 13.5. The normalized spacial score (nSPS) is 12.4. The van der Waals surface area contributed by atoms with Crippen LogP contribution in [0, 0.1) is 5.82 Å². The van der Waals surface area contributed by atoms with E-state index in [0.717, 1.165) is 0 Å². The molecule has 18 heavy (non-hydrogen) atoms. The average Bonchev–Trinajstić information content (AvgIpc) is 2.87. The van der Waals surface area contributed by atoms with Crippen molar-refractivity contribution in [2.45, 2.75) is 6.04 Å². The standard InChI is InChI=1S/C12H14FN3O2/c1-18-11-3-2-7(4-8(11)13)10-5-15-12(16-10)9(14)6-17/h2-5,9,17H,6,14H2,1H3,(H,15,16). The molecule has 1 unspecified atom stereocenters. The molecule has 0 aliphatic rings. The lowest BCUT2D eigenvalue weighted by Gasteiger charge is -2.04. The van der Waals surface area contributed by atoms with Crippen LogP contribution >= 0.6 is 0 Å². The fourth-order valence-corrected chi connectivity index (χ4v) is 1.59. The number of aromatic amines is 1. The Morgan fingerprint density at radius 2 is 2.33 bits per heavy atom. The van der Waals surface area contributed by atoms with E-state index in [-0.39, 0.29) is 12.4 Å². The van der Waals surface area contributed by atoms with Crippen LogP contribution in [0.3, 0.4) is 0 Å². The minimum atomic E-state index is -0.568. The molecule has 0 bridgehead atoms. The highest BCUT2D eigenvalue weighted by atomic mass is 19.1. The molecule has 2 aromatic rings. The number of nitrogens with one attached hydrogen (secondary N) is 1. The van der Waals surface area contributed by atoms with E-state index in [1.807, 2.05) is 0 Å². The topological polar surface area (TPSA) is 84.2 Å². The summed E-state index contributed by atoms with van der Waals surface area (Å²) in [5.74, 6) is 0.201. The zero-order valence-corrected chi connectivity index (χ0v) is 9.85. The third-order valence-corrected chi connectivity index (χ3v) is 2.61. The number of nitrogens with two attached hydrogens (primary N) is 1. The first-order valence-corrected chi connectivity index (χ1v) is 5.41. The summed E-state index contributed by atoms with van der Waals surface area (Å²) >= 11 is 0. The molecular weight excluding hydrogens is 237 g/mol. The summed E-state index contributed by atoms with van der Waals surface area (Å²) in [7, 11) is 1.41. The van der Waals surface area contributed by atoms with Gasteiger partial charge < -0.3 is 20.6 Å². The molecule has 0 saturated heterocycles. The van der Waals surface area contributed by atoms with Gasteiger partial charge in [0.15, 0.2) is 11.6 Å². The monoisotopic (exact) mass is 251 g/mol. The Hall–Kier alpha value is -1.92. The lowest BCUT2D eigenvalue weighted by atomic mass is 10.1. The van der Waals surface area contributed by atoms with Crippen LogP contribution in [0.5, 0.6) is 5.75 Å². The minimum Gasteiger partial charge on any atom is -0.494 e. The third kappa shape index (κ3) is 2.34. The molecule has 0 saturated carbocycles. The number of hydrogen-bond acceptors (Lipinski definition) is 4. The van der Waals surface area contributed by atoms with E-state index >= 15 is 0 Å². The lowest BCUT2D eigenvalue weighted by Crippen LogP contribution is -2.15. The average molecular weight is 251 g/mol. The summed E-state index contributed by atoms with van der Waals surface area (Å²) in [6.07, 6.45) is 1.55. The molecule has 1 atom stereocenters. The molecule has 0 spiro atoms. The molecule has 0 amide bonds. The number of imidazole rings is 1. The maximum Gasteiger partial charge on any atom is 0.165 e. The molecule has 2 rings (SSSR count). The number of aromatic nitrogens is 2. The first kappa shape index (κ1) is 12.5. The van der Waals surface area contributed by atoms with Gasteiger partial charge in [-0.3, -0.25) is 0 Å². The van der Waals surface area contributed by atoms with Crippen LogP contribution in [0.15, 0.2) is 24.4 Å². The Bertz CT molecular complexity index is 542. The van der Waals surface area contributed by atoms with Gasteiger partial charge in [0.05, 0.1) is 31.6 Å². The van der Waals surface area contributed by atoms with Crippen LogP contribution < -0.4 is 10.5 Å². The first-order chi connectivity index (χ1) is 8.65. The van der Waals surface area contributed by atoms with Gasteiger partial charge in [0.1, 0.15) is 5.82 Å². The Morgan fingerprint density at radius 1 is 1.56 bits per heavy atom. The number of hydrogen-bond donors (Lipinski definition) is 3. The fraction of sp³-hybridized carbons (Fsp3) is 0.250. The summed E-state index contributed by atoms with van der Waals surface area (Å²) in [4.78, 5) is 6.98. The molecule has 0 fully saturated rings. The number of benzene rings is 1. The van der Waals surface area contributed by atoms with Crippen molar-refractivity contribution in [3.05, 3.63) is 36.0 Å². The van der Waals surface area contributed by atoms with Crippen molar-refractivity contribution in [1.29, 1.82) is 0 Å². The molecule has 1 heterocycles. The Morgan fingerprint density at radius 3 is 2.94 bits per heavy atom. The van der Waals surface area contributed by atoms with Crippen molar-refractivity contribution in [3.8, 4) is 17.0 Å². The highest BCUT2D eigenvalue weighted by Gasteiger charge is 2.11. The molecule has 1 aromatic heterocycles. The van der Waals surface area contributed by atoms with Gasteiger partial charge in [0.2, 0.25) is 0 Å². The predicted molar refractivity (Wildman–Crippen MR) is 64.5 cm³/mol. The van der Waals surface area contributed by atoms with Gasteiger partial charge in [-0.05, 0) is 18.2 Å². The second kappa shape index (κ2) is 5.16. The molecule has 6 heteroatoms. The lowest BCUT2D eigenvalue weighted by molar-refractivity contribution is 0.264. The zero-order chi connectivity index (χ0) is 13.1. The Kier molecular flexibility index (Phi) is 3.59. The number of aliphatic hydroxyl groups excluding tert-OH is 1. The summed E-state index contributed by atoms with van der Waals surface area (Å²) in [5, 5.41) is 8.92. The number of H-pyrrole nitrogens is 1. The molecule has 1 aromatic carbocycles. The first-order valence-electron chi connectivity index (χ1n) is 5.41. The van der Waals surface area contributed by atoms with Gasteiger partial charge in [0.25, 0.3) is 0 Å². The van der Waals surface area contributed by atoms with Crippen molar-refractivity contribution in [1.82, 2.24) is 9.97 Å². The SMILES string of the molecule is COc1ccc(-c2cnc(C(N)CO)[nH]2)cc1F. The van der Waals surface area contributed by atoms with Crippen molar-refractivity contribution < 1.29 is 14.2 Å². The van der Waals surface area contributed by atoms with E-state index in [1.54, 1.807) is 12.3 Å². The number of nitrogens with zero attached hydrogens (tertiary/aromatic N) is 1. The van der Waals surface area contributed by atoms with Crippen molar-refractivity contribution in [2.75, 3.05) is 13.7 Å². The molecule has 96 valence electrons. The molecule has 0 radical (unpaired) electrons. The predicted octanol–water partition coefficient (Wildman–Crippen LogP) is 1.22. The third-order valence-electron chi connectivity index (χ3n) is 2.61. The Labute approximate surface area is 103 Å². The zero-order valence-electron chi connectivity index (χ0n) is 9.85. The second-order valence-electron chi connectivity index (χ2n) is 3.82. The van der Waals surface area contributed by atoms with E-state index in [1.165, 1.54) is 19.2 Å². The highest BCUT2D eigenvalue weighted by Crippen LogP contribution is 2.24. The molecule has 0 aliphatic carbocycles. The number of rotatable bonds is 4. The van der Waals surface area contributed by atoms with E-state index in [9.17, 15) is 4.39 Å². The maximum absolute atomic E-state index is 13.5. The van der Waals surface area contributed by atoms with Gasteiger partial charge >= 0.3 is 0 Å². The molecule has 0 aliphatic heterocycles. The summed E-state index contributed by atoms with van der Waals surface area (Å²) in [6, 6.07) is 4.03. The van der Waals surface area contributed by atoms with E-state index in [0.29, 0.717) is 17.1 Å².